The van der Waals surface area contributed by atoms with Gasteiger partial charge >= 0.3 is 6.09 Å². The van der Waals surface area contributed by atoms with Gasteiger partial charge in [-0.25, -0.2) is 4.79 Å². The summed E-state index contributed by atoms with van der Waals surface area (Å²) in [5.74, 6) is 0.567. The van der Waals surface area contributed by atoms with E-state index >= 15 is 0 Å². The molecule has 2 unspecified atom stereocenters. The minimum absolute atomic E-state index is 0.207. The van der Waals surface area contributed by atoms with E-state index in [1.54, 1.807) is 0 Å². The Morgan fingerprint density at radius 3 is 2.33 bits per heavy atom. The van der Waals surface area contributed by atoms with Gasteiger partial charge in [-0.05, 0) is 74.8 Å². The molecule has 3 heteroatoms. The molecule has 0 N–H and O–H groups in total. The van der Waals surface area contributed by atoms with Crippen LogP contribution in [0.3, 0.4) is 0 Å². The van der Waals surface area contributed by atoms with Crippen LogP contribution in [-0.2, 0) is 4.74 Å². The Balaban J connectivity index is 1.70. The summed E-state index contributed by atoms with van der Waals surface area (Å²) in [6.07, 6.45) is 0.700. The number of likely N-dealkylation sites (tertiary alicyclic amines) is 1. The van der Waals surface area contributed by atoms with E-state index in [1.807, 2.05) is 25.7 Å². The van der Waals surface area contributed by atoms with Gasteiger partial charge in [0, 0.05) is 19.0 Å². The normalized spacial score (nSPS) is 18.8. The quantitative estimate of drug-likeness (QED) is 0.422. The molecule has 0 spiro atoms. The van der Waals surface area contributed by atoms with E-state index in [0.717, 1.165) is 6.42 Å². The average molecular weight is 442 g/mol. The highest BCUT2D eigenvalue weighted by molar-refractivity contribution is 5.70. The lowest BCUT2D eigenvalue weighted by atomic mass is 9.76. The Kier molecular flexibility index (Phi) is 6.60. The lowest BCUT2D eigenvalue weighted by molar-refractivity contribution is 0.0184. The number of ether oxygens (including phenoxy) is 1. The van der Waals surface area contributed by atoms with E-state index in [4.69, 9.17) is 4.74 Å². The summed E-state index contributed by atoms with van der Waals surface area (Å²) in [4.78, 5) is 14.8. The molecule has 0 bridgehead atoms. The molecule has 0 saturated carbocycles. The van der Waals surface area contributed by atoms with E-state index in [1.165, 1.54) is 33.4 Å². The number of nitrogens with zero attached hydrogens (tertiary/aromatic N) is 1. The van der Waals surface area contributed by atoms with Crippen LogP contribution < -0.4 is 0 Å². The van der Waals surface area contributed by atoms with Gasteiger partial charge in [0.15, 0.2) is 0 Å². The third-order valence-electron chi connectivity index (χ3n) is 6.51. The van der Waals surface area contributed by atoms with Crippen LogP contribution in [0.4, 0.5) is 4.79 Å². The van der Waals surface area contributed by atoms with Crippen molar-refractivity contribution in [2.24, 2.45) is 0 Å². The average Bonchev–Trinajstić information content (AvgIpc) is 2.80. The summed E-state index contributed by atoms with van der Waals surface area (Å²) < 4.78 is 5.71. The Morgan fingerprint density at radius 1 is 0.879 bits per heavy atom. The lowest BCUT2D eigenvalue weighted by Crippen LogP contribution is -2.44. The maximum absolute atomic E-state index is 12.9. The van der Waals surface area contributed by atoms with E-state index < -0.39 is 5.60 Å². The monoisotopic (exact) mass is 441 g/mol. The first-order valence-corrected chi connectivity index (χ1v) is 11.9. The Hall–Kier alpha value is -3.07. The smallest absolute Gasteiger partial charge is 0.410 e. The van der Waals surface area contributed by atoms with Crippen LogP contribution >= 0.6 is 0 Å². The number of hydrogen-bond acceptors (Lipinski definition) is 2. The summed E-state index contributed by atoms with van der Waals surface area (Å²) in [7, 11) is 0. The molecule has 1 saturated heterocycles. The molecule has 4 rings (SSSR count). The zero-order valence-electron chi connectivity index (χ0n) is 20.5. The van der Waals surface area contributed by atoms with Crippen molar-refractivity contribution in [1.82, 2.24) is 4.90 Å². The van der Waals surface area contributed by atoms with Crippen molar-refractivity contribution in [3.63, 3.8) is 0 Å². The maximum atomic E-state index is 12.9. The number of rotatable bonds is 3. The van der Waals surface area contributed by atoms with Gasteiger partial charge in [-0.3, -0.25) is 0 Å². The largest absolute Gasteiger partial charge is 0.444 e. The number of carbonyl (C=O) groups excluding carboxylic acids is 1. The number of aryl methyl sites for hydroxylation is 2. The van der Waals surface area contributed by atoms with E-state index in [0.29, 0.717) is 19.0 Å². The van der Waals surface area contributed by atoms with Gasteiger partial charge in [0.1, 0.15) is 5.60 Å². The van der Waals surface area contributed by atoms with Crippen molar-refractivity contribution in [3.05, 3.63) is 95.1 Å². The molecular formula is C30H35NO2. The fourth-order valence-electron chi connectivity index (χ4n) is 4.86. The lowest BCUT2D eigenvalue weighted by Gasteiger charge is -2.39. The first-order valence-electron chi connectivity index (χ1n) is 11.9. The SMILES string of the molecule is Cc1ccc(C)c(-c2cccc(C3CN(C(=O)OC(C)(C)C)CCC3c3ccccc3)c2)c1. The highest BCUT2D eigenvalue weighted by Crippen LogP contribution is 2.41. The van der Waals surface area contributed by atoms with Crippen LogP contribution in [0.2, 0.25) is 0 Å². The van der Waals surface area contributed by atoms with Crippen molar-refractivity contribution in [2.75, 3.05) is 13.1 Å². The van der Waals surface area contributed by atoms with Gasteiger partial charge in [-0.1, -0.05) is 78.4 Å². The second-order valence-electron chi connectivity index (χ2n) is 10.3. The summed E-state index contributed by atoms with van der Waals surface area (Å²) in [5, 5.41) is 0. The molecule has 0 aliphatic carbocycles. The van der Waals surface area contributed by atoms with Crippen molar-refractivity contribution in [2.45, 2.75) is 58.5 Å². The fraction of sp³-hybridized carbons (Fsp3) is 0.367. The molecular weight excluding hydrogens is 406 g/mol. The maximum Gasteiger partial charge on any atom is 0.410 e. The van der Waals surface area contributed by atoms with Gasteiger partial charge < -0.3 is 9.64 Å². The molecule has 3 aromatic carbocycles. The molecule has 1 aliphatic heterocycles. The first kappa shape index (κ1) is 23.1. The zero-order chi connectivity index (χ0) is 23.6. The summed E-state index contributed by atoms with van der Waals surface area (Å²) in [5.41, 5.74) is 7.15. The summed E-state index contributed by atoms with van der Waals surface area (Å²) in [6.45, 7) is 11.4. The van der Waals surface area contributed by atoms with Crippen molar-refractivity contribution in [3.8, 4) is 11.1 Å². The van der Waals surface area contributed by atoms with Crippen molar-refractivity contribution < 1.29 is 9.53 Å². The highest BCUT2D eigenvalue weighted by Gasteiger charge is 2.35. The van der Waals surface area contributed by atoms with Crippen LogP contribution in [0.1, 0.15) is 61.3 Å². The van der Waals surface area contributed by atoms with Crippen LogP contribution in [0.15, 0.2) is 72.8 Å². The molecule has 1 amide bonds. The predicted molar refractivity (Wildman–Crippen MR) is 136 cm³/mol. The van der Waals surface area contributed by atoms with Gasteiger partial charge in [-0.15, -0.1) is 0 Å². The van der Waals surface area contributed by atoms with Gasteiger partial charge in [0.05, 0.1) is 0 Å². The summed E-state index contributed by atoms with van der Waals surface area (Å²) in [6, 6.07) is 26.2. The van der Waals surface area contributed by atoms with Crippen molar-refractivity contribution >= 4 is 6.09 Å². The second kappa shape index (κ2) is 9.43. The Morgan fingerprint density at radius 2 is 1.61 bits per heavy atom. The van der Waals surface area contributed by atoms with Gasteiger partial charge in [-0.2, -0.15) is 0 Å². The first-order chi connectivity index (χ1) is 15.7. The van der Waals surface area contributed by atoms with Crippen LogP contribution in [0.25, 0.3) is 11.1 Å². The van der Waals surface area contributed by atoms with Gasteiger partial charge in [0.2, 0.25) is 0 Å². The van der Waals surface area contributed by atoms with E-state index in [9.17, 15) is 4.79 Å². The molecule has 1 fully saturated rings. The molecule has 1 aliphatic rings. The molecule has 0 radical (unpaired) electrons. The third kappa shape index (κ3) is 5.47. The fourth-order valence-corrected chi connectivity index (χ4v) is 4.86. The topological polar surface area (TPSA) is 29.5 Å². The Labute approximate surface area is 198 Å². The molecule has 3 aromatic rings. The van der Waals surface area contributed by atoms with Gasteiger partial charge in [0.25, 0.3) is 0 Å². The van der Waals surface area contributed by atoms with Crippen LogP contribution in [-0.4, -0.2) is 29.7 Å². The number of carbonyl (C=O) groups is 1. The summed E-state index contributed by atoms with van der Waals surface area (Å²) >= 11 is 0. The predicted octanol–water partition coefficient (Wildman–Crippen LogP) is 7.48. The third-order valence-corrected chi connectivity index (χ3v) is 6.51. The number of hydrogen-bond donors (Lipinski definition) is 0. The Bertz CT molecular complexity index is 1110. The van der Waals surface area contributed by atoms with E-state index in [-0.39, 0.29) is 12.0 Å². The molecule has 33 heavy (non-hydrogen) atoms. The van der Waals surface area contributed by atoms with E-state index in [2.05, 4.69) is 86.6 Å². The van der Waals surface area contributed by atoms with Crippen molar-refractivity contribution in [1.29, 1.82) is 0 Å². The minimum atomic E-state index is -0.495. The second-order valence-corrected chi connectivity index (χ2v) is 10.3. The minimum Gasteiger partial charge on any atom is -0.444 e. The highest BCUT2D eigenvalue weighted by atomic mass is 16.6. The van der Waals surface area contributed by atoms with Crippen LogP contribution in [0, 0.1) is 13.8 Å². The van der Waals surface area contributed by atoms with Crippen LogP contribution in [0.5, 0.6) is 0 Å². The molecule has 0 aromatic heterocycles. The number of piperidine rings is 1. The molecule has 2 atom stereocenters. The number of benzene rings is 3. The molecule has 172 valence electrons. The number of amides is 1. The zero-order valence-corrected chi connectivity index (χ0v) is 20.5. The molecule has 3 nitrogen and oxygen atoms in total. The molecule has 1 heterocycles. The standard InChI is InChI=1S/C30H35NO2/c1-21-14-15-22(2)27(18-21)24-12-9-13-25(19-24)28-20-31(29(32)33-30(3,4)5)17-16-26(28)23-10-7-6-8-11-23/h6-15,18-19,26,28H,16-17,20H2,1-5H3.